The minimum absolute atomic E-state index is 0.660. The third-order valence-electron chi connectivity index (χ3n) is 4.14. The molecule has 0 amide bonds. The van der Waals surface area contributed by atoms with E-state index in [9.17, 15) is 0 Å². The lowest BCUT2D eigenvalue weighted by atomic mass is 10.1. The number of imidazole rings is 1. The molecule has 0 aliphatic rings. The molecule has 126 valence electrons. The summed E-state index contributed by atoms with van der Waals surface area (Å²) in [5.41, 5.74) is 2.03. The Morgan fingerprint density at radius 1 is 1.00 bits per heavy atom. The number of aromatic nitrogens is 4. The number of aryl methyl sites for hydroxylation is 1. The van der Waals surface area contributed by atoms with Gasteiger partial charge in [-0.05, 0) is 30.7 Å². The van der Waals surface area contributed by atoms with Crippen molar-refractivity contribution < 1.29 is 4.52 Å². The zero-order valence-electron chi connectivity index (χ0n) is 14.2. The number of benzene rings is 1. The summed E-state index contributed by atoms with van der Waals surface area (Å²) in [5, 5.41) is 4.10. The van der Waals surface area contributed by atoms with E-state index >= 15 is 0 Å². The molecular formula is C19H24N4O. The average Bonchev–Trinajstić information content (AvgIpc) is 3.30. The summed E-state index contributed by atoms with van der Waals surface area (Å²) in [4.78, 5) is 8.57. The molecule has 5 nitrogen and oxygen atoms in total. The van der Waals surface area contributed by atoms with Crippen molar-refractivity contribution in [1.29, 1.82) is 0 Å². The molecule has 0 unspecified atom stereocenters. The van der Waals surface area contributed by atoms with E-state index in [1.54, 1.807) is 12.5 Å². The van der Waals surface area contributed by atoms with Gasteiger partial charge in [0.05, 0.1) is 6.33 Å². The monoisotopic (exact) mass is 324 g/mol. The van der Waals surface area contributed by atoms with Crippen molar-refractivity contribution in [2.45, 2.75) is 51.9 Å². The highest BCUT2D eigenvalue weighted by Gasteiger charge is 2.08. The maximum Gasteiger partial charge on any atom is 0.226 e. The zero-order valence-corrected chi connectivity index (χ0v) is 14.2. The lowest BCUT2D eigenvalue weighted by Gasteiger charge is -2.01. The van der Waals surface area contributed by atoms with E-state index in [0.29, 0.717) is 5.82 Å². The lowest BCUT2D eigenvalue weighted by molar-refractivity contribution is 0.373. The molecule has 1 aromatic carbocycles. The molecule has 0 spiro atoms. The zero-order chi connectivity index (χ0) is 16.6. The van der Waals surface area contributed by atoms with E-state index in [-0.39, 0.29) is 0 Å². The van der Waals surface area contributed by atoms with Crippen molar-refractivity contribution in [1.82, 2.24) is 19.7 Å². The van der Waals surface area contributed by atoms with Gasteiger partial charge in [0.25, 0.3) is 0 Å². The predicted octanol–water partition coefficient (Wildman–Crippen LogP) is 4.83. The van der Waals surface area contributed by atoms with Crippen LogP contribution in [0.15, 0.2) is 47.5 Å². The Bertz CT molecular complexity index is 716. The van der Waals surface area contributed by atoms with E-state index in [0.717, 1.165) is 30.0 Å². The fourth-order valence-electron chi connectivity index (χ4n) is 2.72. The van der Waals surface area contributed by atoms with Gasteiger partial charge in [0.15, 0.2) is 0 Å². The Hall–Kier alpha value is -2.43. The van der Waals surface area contributed by atoms with Gasteiger partial charge in [-0.1, -0.05) is 44.2 Å². The third kappa shape index (κ3) is 4.31. The van der Waals surface area contributed by atoms with Crippen molar-refractivity contribution in [2.24, 2.45) is 0 Å². The Labute approximate surface area is 142 Å². The third-order valence-corrected chi connectivity index (χ3v) is 4.14. The standard InChI is InChI=1S/C19H24N4O/c1-2-3-4-5-6-7-8-18-21-19(22-24-18)16-9-11-17(12-10-16)23-14-13-20-15-23/h9-15H,2-8H2,1H3. The smallest absolute Gasteiger partial charge is 0.226 e. The maximum absolute atomic E-state index is 5.37. The van der Waals surface area contributed by atoms with Gasteiger partial charge in [-0.3, -0.25) is 0 Å². The first kappa shape index (κ1) is 16.4. The van der Waals surface area contributed by atoms with E-state index in [4.69, 9.17) is 4.52 Å². The Balaban J connectivity index is 1.53. The Morgan fingerprint density at radius 3 is 2.54 bits per heavy atom. The number of hydrogen-bond acceptors (Lipinski definition) is 4. The Kier molecular flexibility index (Phi) is 5.77. The fourth-order valence-corrected chi connectivity index (χ4v) is 2.72. The first-order valence-corrected chi connectivity index (χ1v) is 8.78. The van der Waals surface area contributed by atoms with Crippen LogP contribution in [0.1, 0.15) is 51.3 Å². The summed E-state index contributed by atoms with van der Waals surface area (Å²) in [7, 11) is 0. The molecule has 24 heavy (non-hydrogen) atoms. The average molecular weight is 324 g/mol. The molecule has 3 aromatic rings. The van der Waals surface area contributed by atoms with Crippen molar-refractivity contribution in [2.75, 3.05) is 0 Å². The highest BCUT2D eigenvalue weighted by atomic mass is 16.5. The van der Waals surface area contributed by atoms with Crippen molar-refractivity contribution in [3.63, 3.8) is 0 Å². The summed E-state index contributed by atoms with van der Waals surface area (Å²) < 4.78 is 7.34. The molecule has 0 saturated heterocycles. The van der Waals surface area contributed by atoms with Crippen LogP contribution in [-0.2, 0) is 6.42 Å². The highest BCUT2D eigenvalue weighted by Crippen LogP contribution is 2.19. The predicted molar refractivity (Wildman–Crippen MR) is 93.9 cm³/mol. The highest BCUT2D eigenvalue weighted by molar-refractivity contribution is 5.56. The number of rotatable bonds is 9. The summed E-state index contributed by atoms with van der Waals surface area (Å²) in [6, 6.07) is 8.07. The quantitative estimate of drug-likeness (QED) is 0.529. The van der Waals surface area contributed by atoms with Crippen LogP contribution in [0.5, 0.6) is 0 Å². The summed E-state index contributed by atoms with van der Waals surface area (Å²) in [6.07, 6.45) is 13.9. The van der Waals surface area contributed by atoms with Crippen LogP contribution in [0.25, 0.3) is 17.1 Å². The fraction of sp³-hybridized carbons (Fsp3) is 0.421. The van der Waals surface area contributed by atoms with Gasteiger partial charge in [-0.25, -0.2) is 4.98 Å². The minimum Gasteiger partial charge on any atom is -0.339 e. The maximum atomic E-state index is 5.37. The molecule has 0 bridgehead atoms. The number of hydrogen-bond donors (Lipinski definition) is 0. The second-order valence-electron chi connectivity index (χ2n) is 6.05. The molecule has 0 radical (unpaired) electrons. The second kappa shape index (κ2) is 8.43. The first-order valence-electron chi connectivity index (χ1n) is 8.78. The molecule has 5 heteroatoms. The van der Waals surface area contributed by atoms with Crippen LogP contribution in [0, 0.1) is 0 Å². The van der Waals surface area contributed by atoms with Crippen LogP contribution in [0.3, 0.4) is 0 Å². The first-order chi connectivity index (χ1) is 11.9. The molecule has 0 saturated carbocycles. The van der Waals surface area contributed by atoms with Gasteiger partial charge in [-0.15, -0.1) is 0 Å². The van der Waals surface area contributed by atoms with E-state index in [2.05, 4.69) is 22.0 Å². The molecule has 2 heterocycles. The summed E-state index contributed by atoms with van der Waals surface area (Å²) in [6.45, 7) is 2.24. The van der Waals surface area contributed by atoms with E-state index in [1.807, 2.05) is 35.0 Å². The van der Waals surface area contributed by atoms with Gasteiger partial charge in [0, 0.05) is 30.1 Å². The number of unbranched alkanes of at least 4 members (excludes halogenated alkanes) is 5. The largest absolute Gasteiger partial charge is 0.339 e. The SMILES string of the molecule is CCCCCCCCc1nc(-c2ccc(-n3ccnc3)cc2)no1. The van der Waals surface area contributed by atoms with Gasteiger partial charge in [-0.2, -0.15) is 4.98 Å². The van der Waals surface area contributed by atoms with Crippen LogP contribution in [0.4, 0.5) is 0 Å². The van der Waals surface area contributed by atoms with Crippen LogP contribution < -0.4 is 0 Å². The van der Waals surface area contributed by atoms with Gasteiger partial charge < -0.3 is 9.09 Å². The van der Waals surface area contributed by atoms with Crippen LogP contribution in [-0.4, -0.2) is 19.7 Å². The summed E-state index contributed by atoms with van der Waals surface area (Å²) in [5.74, 6) is 1.40. The van der Waals surface area contributed by atoms with E-state index < -0.39 is 0 Å². The molecule has 0 fully saturated rings. The van der Waals surface area contributed by atoms with Gasteiger partial charge in [0.1, 0.15) is 0 Å². The molecule has 0 aliphatic carbocycles. The van der Waals surface area contributed by atoms with Crippen LogP contribution in [0.2, 0.25) is 0 Å². The molecule has 0 atom stereocenters. The minimum atomic E-state index is 0.660. The normalized spacial score (nSPS) is 11.0. The molecule has 0 aliphatic heterocycles. The van der Waals surface area contributed by atoms with Crippen molar-refractivity contribution in [3.8, 4) is 17.1 Å². The lowest BCUT2D eigenvalue weighted by Crippen LogP contribution is -1.90. The second-order valence-corrected chi connectivity index (χ2v) is 6.05. The van der Waals surface area contributed by atoms with Crippen LogP contribution >= 0.6 is 0 Å². The summed E-state index contributed by atoms with van der Waals surface area (Å²) >= 11 is 0. The molecule has 3 rings (SSSR count). The number of nitrogens with zero attached hydrogens (tertiary/aromatic N) is 4. The Morgan fingerprint density at radius 2 is 1.79 bits per heavy atom. The van der Waals surface area contributed by atoms with Gasteiger partial charge >= 0.3 is 0 Å². The molecule has 0 N–H and O–H groups in total. The molecule has 2 aromatic heterocycles. The van der Waals surface area contributed by atoms with Crippen molar-refractivity contribution in [3.05, 3.63) is 48.9 Å². The van der Waals surface area contributed by atoms with Gasteiger partial charge in [0.2, 0.25) is 11.7 Å². The topological polar surface area (TPSA) is 56.7 Å². The van der Waals surface area contributed by atoms with E-state index in [1.165, 1.54) is 32.1 Å². The van der Waals surface area contributed by atoms with Crippen molar-refractivity contribution >= 4 is 0 Å². The molecular weight excluding hydrogens is 300 g/mol.